The fraction of sp³-hybridized carbons (Fsp3) is 0.400. The first-order valence-electron chi connectivity index (χ1n) is 4.59. The molecule has 1 rings (SSSR count). The van der Waals surface area contributed by atoms with E-state index in [4.69, 9.17) is 23.2 Å². The molecule has 0 unspecified atom stereocenters. The van der Waals surface area contributed by atoms with E-state index in [0.717, 1.165) is 30.3 Å². The summed E-state index contributed by atoms with van der Waals surface area (Å²) < 4.78 is 0. The van der Waals surface area contributed by atoms with Crippen molar-refractivity contribution >= 4 is 28.9 Å². The molecule has 0 radical (unpaired) electrons. The van der Waals surface area contributed by atoms with Crippen LogP contribution in [0.15, 0.2) is 24.3 Å². The van der Waals surface area contributed by atoms with Crippen molar-refractivity contribution in [1.29, 1.82) is 0 Å². The summed E-state index contributed by atoms with van der Waals surface area (Å²) in [5, 5.41) is 7.20. The molecule has 14 heavy (non-hydrogen) atoms. The summed E-state index contributed by atoms with van der Waals surface area (Å²) in [7, 11) is 0. The van der Waals surface area contributed by atoms with E-state index in [1.807, 2.05) is 24.3 Å². The van der Waals surface area contributed by atoms with Gasteiger partial charge in [-0.3, -0.25) is 0 Å². The molecule has 1 aromatic rings. The number of rotatable bonds is 6. The van der Waals surface area contributed by atoms with Crippen molar-refractivity contribution in [3.8, 4) is 0 Å². The van der Waals surface area contributed by atoms with Gasteiger partial charge in [0.1, 0.15) is 0 Å². The fourth-order valence-corrected chi connectivity index (χ4v) is 1.41. The van der Waals surface area contributed by atoms with Crippen LogP contribution in [0.4, 0.5) is 5.69 Å². The molecule has 0 atom stereocenters. The maximum Gasteiger partial charge on any atom is 0.0426 e. The highest BCUT2D eigenvalue weighted by Gasteiger charge is 1.92. The van der Waals surface area contributed by atoms with Gasteiger partial charge in [0, 0.05) is 36.2 Å². The van der Waals surface area contributed by atoms with E-state index < -0.39 is 0 Å². The van der Waals surface area contributed by atoms with Crippen LogP contribution >= 0.6 is 23.2 Å². The second kappa shape index (κ2) is 6.93. The lowest BCUT2D eigenvalue weighted by molar-refractivity contribution is 0.742. The molecule has 0 fully saturated rings. The molecule has 0 amide bonds. The van der Waals surface area contributed by atoms with E-state index in [0.29, 0.717) is 5.88 Å². The first kappa shape index (κ1) is 11.6. The number of nitrogens with one attached hydrogen (secondary N) is 2. The predicted octanol–water partition coefficient (Wildman–Crippen LogP) is 2.58. The molecule has 0 bridgehead atoms. The Morgan fingerprint density at radius 1 is 1.14 bits per heavy atom. The van der Waals surface area contributed by atoms with Crippen molar-refractivity contribution in [1.82, 2.24) is 5.32 Å². The van der Waals surface area contributed by atoms with Crippen LogP contribution in [0.2, 0.25) is 5.02 Å². The number of halogens is 2. The molecule has 0 spiro atoms. The third-order valence-electron chi connectivity index (χ3n) is 1.73. The van der Waals surface area contributed by atoms with E-state index in [9.17, 15) is 0 Å². The van der Waals surface area contributed by atoms with E-state index in [-0.39, 0.29) is 0 Å². The molecule has 4 heteroatoms. The fourth-order valence-electron chi connectivity index (χ4n) is 1.09. The summed E-state index contributed by atoms with van der Waals surface area (Å²) in [4.78, 5) is 0. The first-order valence-corrected chi connectivity index (χ1v) is 5.50. The SMILES string of the molecule is ClCCNCCNc1cccc(Cl)c1. The van der Waals surface area contributed by atoms with Crippen LogP contribution in [-0.4, -0.2) is 25.5 Å². The minimum Gasteiger partial charge on any atom is -0.384 e. The zero-order chi connectivity index (χ0) is 10.2. The smallest absolute Gasteiger partial charge is 0.0426 e. The Balaban J connectivity index is 2.18. The molecule has 0 saturated heterocycles. The van der Waals surface area contributed by atoms with Gasteiger partial charge in [-0.15, -0.1) is 11.6 Å². The molecule has 2 N–H and O–H groups in total. The Bertz CT molecular complexity index is 266. The van der Waals surface area contributed by atoms with Crippen LogP contribution < -0.4 is 10.6 Å². The van der Waals surface area contributed by atoms with Crippen molar-refractivity contribution in [3.63, 3.8) is 0 Å². The maximum absolute atomic E-state index is 5.83. The molecule has 0 aliphatic rings. The standard InChI is InChI=1S/C10H14Cl2N2/c11-4-5-13-6-7-14-10-3-1-2-9(12)8-10/h1-3,8,13-14H,4-7H2. The quantitative estimate of drug-likeness (QED) is 0.583. The lowest BCUT2D eigenvalue weighted by Crippen LogP contribution is -2.23. The number of hydrogen-bond donors (Lipinski definition) is 2. The van der Waals surface area contributed by atoms with E-state index in [2.05, 4.69) is 10.6 Å². The van der Waals surface area contributed by atoms with Crippen LogP contribution in [0.25, 0.3) is 0 Å². The monoisotopic (exact) mass is 232 g/mol. The van der Waals surface area contributed by atoms with Crippen LogP contribution in [0, 0.1) is 0 Å². The van der Waals surface area contributed by atoms with Crippen molar-refractivity contribution < 1.29 is 0 Å². The van der Waals surface area contributed by atoms with Crippen molar-refractivity contribution in [3.05, 3.63) is 29.3 Å². The molecule has 0 heterocycles. The maximum atomic E-state index is 5.83. The van der Waals surface area contributed by atoms with Gasteiger partial charge in [-0.2, -0.15) is 0 Å². The number of alkyl halides is 1. The Labute approximate surface area is 94.6 Å². The molecule has 1 aromatic carbocycles. The molecule has 0 saturated carbocycles. The minimum atomic E-state index is 0.650. The largest absolute Gasteiger partial charge is 0.384 e. The van der Waals surface area contributed by atoms with E-state index in [1.165, 1.54) is 0 Å². The summed E-state index contributed by atoms with van der Waals surface area (Å²) in [6.45, 7) is 2.62. The zero-order valence-corrected chi connectivity index (χ0v) is 9.41. The molecular weight excluding hydrogens is 219 g/mol. The lowest BCUT2D eigenvalue weighted by Gasteiger charge is -2.06. The second-order valence-electron chi connectivity index (χ2n) is 2.88. The Morgan fingerprint density at radius 3 is 2.71 bits per heavy atom. The Hall–Kier alpha value is -0.440. The summed E-state index contributed by atoms with van der Waals surface area (Å²) in [5.74, 6) is 0.650. The average Bonchev–Trinajstić information content (AvgIpc) is 2.18. The molecule has 78 valence electrons. The van der Waals surface area contributed by atoms with Gasteiger partial charge in [-0.1, -0.05) is 17.7 Å². The van der Waals surface area contributed by atoms with Crippen LogP contribution in [-0.2, 0) is 0 Å². The van der Waals surface area contributed by atoms with Crippen LogP contribution in [0.3, 0.4) is 0 Å². The van der Waals surface area contributed by atoms with Gasteiger partial charge in [-0.25, -0.2) is 0 Å². The van der Waals surface area contributed by atoms with Gasteiger partial charge < -0.3 is 10.6 Å². The summed E-state index contributed by atoms with van der Waals surface area (Å²) in [6, 6.07) is 7.69. The third-order valence-corrected chi connectivity index (χ3v) is 2.15. The Kier molecular flexibility index (Phi) is 5.76. The normalized spacial score (nSPS) is 10.1. The number of anilines is 1. The van der Waals surface area contributed by atoms with E-state index in [1.54, 1.807) is 0 Å². The van der Waals surface area contributed by atoms with Crippen molar-refractivity contribution in [2.24, 2.45) is 0 Å². The minimum absolute atomic E-state index is 0.650. The van der Waals surface area contributed by atoms with Gasteiger partial charge in [0.05, 0.1) is 0 Å². The van der Waals surface area contributed by atoms with Crippen LogP contribution in [0.5, 0.6) is 0 Å². The van der Waals surface area contributed by atoms with Crippen molar-refractivity contribution in [2.45, 2.75) is 0 Å². The third kappa shape index (κ3) is 4.70. The summed E-state index contributed by atoms with van der Waals surface area (Å²) in [5.41, 5.74) is 1.05. The number of hydrogen-bond acceptors (Lipinski definition) is 2. The first-order chi connectivity index (χ1) is 6.83. The molecule has 0 aliphatic heterocycles. The molecule has 0 aliphatic carbocycles. The van der Waals surface area contributed by atoms with Gasteiger partial charge in [0.25, 0.3) is 0 Å². The predicted molar refractivity (Wildman–Crippen MR) is 63.5 cm³/mol. The molecule has 0 aromatic heterocycles. The average molecular weight is 233 g/mol. The highest BCUT2D eigenvalue weighted by atomic mass is 35.5. The van der Waals surface area contributed by atoms with Gasteiger partial charge in [-0.05, 0) is 18.2 Å². The summed E-state index contributed by atoms with van der Waals surface area (Å²) >= 11 is 11.4. The molecular formula is C10H14Cl2N2. The Morgan fingerprint density at radius 2 is 2.00 bits per heavy atom. The topological polar surface area (TPSA) is 24.1 Å². The highest BCUT2D eigenvalue weighted by molar-refractivity contribution is 6.30. The van der Waals surface area contributed by atoms with Crippen LogP contribution in [0.1, 0.15) is 0 Å². The summed E-state index contributed by atoms with van der Waals surface area (Å²) in [6.07, 6.45) is 0. The second-order valence-corrected chi connectivity index (χ2v) is 3.69. The van der Waals surface area contributed by atoms with Gasteiger partial charge >= 0.3 is 0 Å². The number of benzene rings is 1. The van der Waals surface area contributed by atoms with Gasteiger partial charge in [0.2, 0.25) is 0 Å². The van der Waals surface area contributed by atoms with E-state index >= 15 is 0 Å². The van der Waals surface area contributed by atoms with Crippen molar-refractivity contribution in [2.75, 3.05) is 30.8 Å². The lowest BCUT2D eigenvalue weighted by atomic mass is 10.3. The van der Waals surface area contributed by atoms with Gasteiger partial charge in [0.15, 0.2) is 0 Å². The zero-order valence-electron chi connectivity index (χ0n) is 7.89. The highest BCUT2D eigenvalue weighted by Crippen LogP contribution is 2.14. The molecule has 2 nitrogen and oxygen atoms in total.